The van der Waals surface area contributed by atoms with Gasteiger partial charge in [0, 0.05) is 72.8 Å². The molecule has 0 spiro atoms. The average Bonchev–Trinajstić information content (AvgIpc) is 3.87. The highest BCUT2D eigenvalue weighted by atomic mass is 32.2. The minimum Gasteiger partial charge on any atom is -0.378 e. The van der Waals surface area contributed by atoms with E-state index < -0.39 is 47.3 Å². The minimum absolute atomic E-state index is 0.00547. The highest BCUT2D eigenvalue weighted by Crippen LogP contribution is 2.36. The molecule has 6 amide bonds. The van der Waals surface area contributed by atoms with Crippen LogP contribution in [-0.2, 0) is 41.3 Å². The maximum Gasteiger partial charge on any atom is 0.416 e. The van der Waals surface area contributed by atoms with Crippen LogP contribution in [0.5, 0.6) is 0 Å². The lowest BCUT2D eigenvalue weighted by Gasteiger charge is -2.35. The van der Waals surface area contributed by atoms with Gasteiger partial charge < -0.3 is 24.4 Å². The Labute approximate surface area is 404 Å². The van der Waals surface area contributed by atoms with Crippen LogP contribution in [0.25, 0.3) is 5.65 Å². The molecule has 0 saturated carbocycles. The van der Waals surface area contributed by atoms with Gasteiger partial charge in [0.15, 0.2) is 5.65 Å². The molecule has 364 valence electrons. The third-order valence-electron chi connectivity index (χ3n) is 11.8. The number of piperidine rings is 1. The zero-order chi connectivity index (χ0) is 49.4. The van der Waals surface area contributed by atoms with Crippen LogP contribution in [0.2, 0.25) is 0 Å². The van der Waals surface area contributed by atoms with Crippen LogP contribution in [0.15, 0.2) is 84.0 Å². The van der Waals surface area contributed by atoms with Gasteiger partial charge >= 0.3 is 6.18 Å². The number of fused-ring (bicyclic) bond motifs is 2. The van der Waals surface area contributed by atoms with E-state index in [9.17, 15) is 41.9 Å². The Balaban J connectivity index is 0.714. The number of rotatable bonds is 17. The van der Waals surface area contributed by atoms with Crippen molar-refractivity contribution in [3.63, 3.8) is 0 Å². The molecule has 1 atom stereocenters. The van der Waals surface area contributed by atoms with Crippen LogP contribution >= 0.6 is 11.8 Å². The molecule has 0 radical (unpaired) electrons. The number of ether oxygens (including phenoxy) is 3. The normalized spacial score (nSPS) is 16.3. The van der Waals surface area contributed by atoms with Gasteiger partial charge in [0.05, 0.1) is 55.9 Å². The van der Waals surface area contributed by atoms with Crippen molar-refractivity contribution < 1.29 is 56.1 Å². The molecule has 2 aromatic heterocycles. The molecule has 2 N–H and O–H groups in total. The van der Waals surface area contributed by atoms with E-state index in [1.165, 1.54) is 23.9 Å². The van der Waals surface area contributed by atoms with Crippen LogP contribution in [0.4, 0.5) is 18.9 Å². The smallest absolute Gasteiger partial charge is 0.378 e. The molecule has 0 aliphatic carbocycles. The number of alkyl halides is 3. The van der Waals surface area contributed by atoms with E-state index in [2.05, 4.69) is 32.6 Å². The monoisotopic (exact) mass is 980 g/mol. The topological polar surface area (TPSA) is 194 Å². The van der Waals surface area contributed by atoms with Crippen molar-refractivity contribution in [2.24, 2.45) is 0 Å². The number of nitrogens with one attached hydrogen (secondary N) is 2. The third-order valence-corrected chi connectivity index (χ3v) is 12.8. The summed E-state index contributed by atoms with van der Waals surface area (Å²) in [5.74, 6) is 3.46. The number of halogens is 3. The van der Waals surface area contributed by atoms with E-state index in [1.54, 1.807) is 70.3 Å². The average molecular weight is 981 g/mol. The Kier molecular flexibility index (Phi) is 15.7. The number of thioether (sulfide) groups is 1. The highest BCUT2D eigenvalue weighted by Gasteiger charge is 2.45. The predicted octanol–water partition coefficient (Wildman–Crippen LogP) is 4.60. The molecular formula is C49H47F3N8O9S. The van der Waals surface area contributed by atoms with Crippen molar-refractivity contribution in [1.82, 2.24) is 34.6 Å². The van der Waals surface area contributed by atoms with Crippen molar-refractivity contribution in [2.45, 2.75) is 43.4 Å². The number of hydrogen-bond donors (Lipinski definition) is 2. The number of hydrogen-bond acceptors (Lipinski definition) is 13. The van der Waals surface area contributed by atoms with Crippen molar-refractivity contribution in [1.29, 1.82) is 0 Å². The lowest BCUT2D eigenvalue weighted by molar-refractivity contribution is -0.139. The highest BCUT2D eigenvalue weighted by molar-refractivity contribution is 7.99. The van der Waals surface area contributed by atoms with Gasteiger partial charge in [-0.25, -0.2) is 9.50 Å². The van der Waals surface area contributed by atoms with Crippen molar-refractivity contribution >= 4 is 58.5 Å². The minimum atomic E-state index is -4.69. The van der Waals surface area contributed by atoms with Gasteiger partial charge in [-0.2, -0.15) is 18.3 Å². The third kappa shape index (κ3) is 11.7. The summed E-state index contributed by atoms with van der Waals surface area (Å²) in [4.78, 5) is 85.6. The van der Waals surface area contributed by atoms with Crippen LogP contribution in [0, 0.1) is 18.8 Å². The Morgan fingerprint density at radius 1 is 0.886 bits per heavy atom. The summed E-state index contributed by atoms with van der Waals surface area (Å²) < 4.78 is 61.5. The number of imide groups is 2. The molecule has 1 unspecified atom stereocenters. The van der Waals surface area contributed by atoms with Gasteiger partial charge in [-0.05, 0) is 78.9 Å². The molecule has 2 saturated heterocycles. The Bertz CT molecular complexity index is 2890. The molecule has 3 aromatic carbocycles. The lowest BCUT2D eigenvalue weighted by Crippen LogP contribution is -2.54. The number of piperazine rings is 1. The van der Waals surface area contributed by atoms with Gasteiger partial charge in [-0.15, -0.1) is 11.8 Å². The summed E-state index contributed by atoms with van der Waals surface area (Å²) in [5.41, 5.74) is 2.38. The first-order chi connectivity index (χ1) is 33.7. The van der Waals surface area contributed by atoms with Gasteiger partial charge in [0.1, 0.15) is 18.3 Å². The SMILES string of the molecule is Cc1ccc(C(=O)Nc2ccc(CN3CCN(C(=O)COCCOCCOCCSc4cccc5c4C(=O)N(C4CCC(=O)NC4=O)C5=O)CC3)c(C(F)(F)F)c2)cc1C#Cc1cnc2cccnn12. The van der Waals surface area contributed by atoms with Crippen LogP contribution in [0.3, 0.4) is 0 Å². The number of benzene rings is 3. The first-order valence-electron chi connectivity index (χ1n) is 22.4. The summed E-state index contributed by atoms with van der Waals surface area (Å²) in [5, 5.41) is 9.04. The van der Waals surface area contributed by atoms with E-state index in [4.69, 9.17) is 14.2 Å². The quantitative estimate of drug-likeness (QED) is 0.0569. The van der Waals surface area contributed by atoms with Crippen molar-refractivity contribution in [3.8, 4) is 11.8 Å². The van der Waals surface area contributed by atoms with E-state index in [0.717, 1.165) is 16.5 Å². The molecule has 8 rings (SSSR count). The summed E-state index contributed by atoms with van der Waals surface area (Å²) in [6.45, 7) is 4.21. The molecule has 0 bridgehead atoms. The van der Waals surface area contributed by atoms with Crippen LogP contribution in [-0.4, -0.2) is 142 Å². The number of carbonyl (C=O) groups excluding carboxylic acids is 6. The summed E-state index contributed by atoms with van der Waals surface area (Å²) in [7, 11) is 0. The largest absolute Gasteiger partial charge is 0.416 e. The fourth-order valence-corrected chi connectivity index (χ4v) is 9.04. The number of carbonyl (C=O) groups is 6. The standard InChI is InChI=1S/C49H47F3N8O9S/c1-31-7-8-33(26-32(31)10-12-36-28-53-41-6-3-15-54-60(36)41)45(63)55-35-11-9-34(38(27-35)49(50,51)52)29-57-16-18-58(19-17-57)43(62)30-69-23-22-67-20-21-68-24-25-70-40-5-2-4-37-44(40)48(66)59(47(37)65)39-13-14-42(61)56-46(39)64/h2-9,11,15,26-28,39H,13-14,16-25,29-30H2,1H3,(H,55,63)(H,56,61,64). The van der Waals surface area contributed by atoms with E-state index >= 15 is 0 Å². The maximum absolute atomic E-state index is 14.4. The zero-order valence-electron chi connectivity index (χ0n) is 37.9. The number of nitrogens with zero attached hydrogens (tertiary/aromatic N) is 6. The van der Waals surface area contributed by atoms with Gasteiger partial charge in [-0.3, -0.25) is 43.9 Å². The lowest BCUT2D eigenvalue weighted by atomic mass is 10.0. The summed E-state index contributed by atoms with van der Waals surface area (Å²) in [6, 6.07) is 16.1. The Hall–Kier alpha value is -6.96. The molecule has 5 aromatic rings. The number of aromatic nitrogens is 3. The van der Waals surface area contributed by atoms with Crippen molar-refractivity contribution in [3.05, 3.63) is 124 Å². The first kappa shape index (κ1) is 49.5. The fourth-order valence-electron chi connectivity index (χ4n) is 8.10. The van der Waals surface area contributed by atoms with Gasteiger partial charge in [-0.1, -0.05) is 24.1 Å². The number of anilines is 1. The number of aryl methyl sites for hydroxylation is 1. The van der Waals surface area contributed by atoms with Gasteiger partial charge in [0.2, 0.25) is 17.7 Å². The molecule has 70 heavy (non-hydrogen) atoms. The van der Waals surface area contributed by atoms with E-state index in [0.29, 0.717) is 60.3 Å². The predicted molar refractivity (Wildman–Crippen MR) is 248 cm³/mol. The second-order valence-corrected chi connectivity index (χ2v) is 17.6. The molecule has 3 aliphatic rings. The van der Waals surface area contributed by atoms with Crippen LogP contribution in [0.1, 0.15) is 71.9 Å². The second kappa shape index (κ2) is 22.2. The van der Waals surface area contributed by atoms with Crippen molar-refractivity contribution in [2.75, 3.05) is 76.9 Å². The molecule has 21 heteroatoms. The van der Waals surface area contributed by atoms with Crippen LogP contribution < -0.4 is 10.6 Å². The molecule has 3 aliphatic heterocycles. The molecule has 17 nitrogen and oxygen atoms in total. The Morgan fingerprint density at radius 2 is 1.66 bits per heavy atom. The zero-order valence-corrected chi connectivity index (χ0v) is 38.7. The number of imidazole rings is 1. The fraction of sp³-hybridized carbons (Fsp3) is 0.347. The molecule has 5 heterocycles. The van der Waals surface area contributed by atoms with Gasteiger partial charge in [0.25, 0.3) is 17.7 Å². The van der Waals surface area contributed by atoms with E-state index in [1.807, 2.05) is 11.8 Å². The second-order valence-electron chi connectivity index (χ2n) is 16.4. The summed E-state index contributed by atoms with van der Waals surface area (Å²) in [6.07, 6.45) is -1.37. The maximum atomic E-state index is 14.4. The first-order valence-corrected chi connectivity index (χ1v) is 23.4. The summed E-state index contributed by atoms with van der Waals surface area (Å²) >= 11 is 1.34. The van der Waals surface area contributed by atoms with E-state index in [-0.39, 0.29) is 86.3 Å². The molecule has 2 fully saturated rings. The molecular weight excluding hydrogens is 934 g/mol. The number of amides is 6. The Morgan fingerprint density at radius 3 is 2.43 bits per heavy atom.